The van der Waals surface area contributed by atoms with Crippen LogP contribution in [0.3, 0.4) is 0 Å². The second kappa shape index (κ2) is 4.02. The number of aryl methyl sites for hydroxylation is 1. The molecule has 0 fully saturated rings. The van der Waals surface area contributed by atoms with Crippen LogP contribution in [0.1, 0.15) is 12.7 Å². The van der Waals surface area contributed by atoms with Gasteiger partial charge in [0.15, 0.2) is 5.82 Å². The zero-order valence-corrected chi connectivity index (χ0v) is 9.90. The van der Waals surface area contributed by atoms with Crippen molar-refractivity contribution in [3.05, 3.63) is 35.0 Å². The highest BCUT2D eigenvalue weighted by atomic mass is 79.9. The van der Waals surface area contributed by atoms with Gasteiger partial charge in [-0.1, -0.05) is 6.92 Å². The van der Waals surface area contributed by atoms with Gasteiger partial charge in [-0.25, -0.2) is 9.97 Å². The number of rotatable bonds is 2. The van der Waals surface area contributed by atoms with Crippen LogP contribution >= 0.6 is 15.9 Å². The fourth-order valence-electron chi connectivity index (χ4n) is 1.44. The first-order valence-corrected chi connectivity index (χ1v) is 5.45. The number of anilines is 1. The molecule has 0 amide bonds. The number of nitrogens with two attached hydrogens (primary N) is 1. The first-order valence-electron chi connectivity index (χ1n) is 4.66. The van der Waals surface area contributed by atoms with Crippen LogP contribution in [0, 0.1) is 0 Å². The number of aromatic nitrogens is 3. The van der Waals surface area contributed by atoms with E-state index in [2.05, 4.69) is 25.9 Å². The van der Waals surface area contributed by atoms with Crippen molar-refractivity contribution in [3.8, 4) is 5.82 Å². The van der Waals surface area contributed by atoms with Crippen LogP contribution in [-0.4, -0.2) is 14.5 Å². The highest BCUT2D eigenvalue weighted by Crippen LogP contribution is 2.20. The number of hydrogen-bond acceptors (Lipinski definition) is 3. The van der Waals surface area contributed by atoms with Crippen molar-refractivity contribution in [2.24, 2.45) is 0 Å². The van der Waals surface area contributed by atoms with E-state index < -0.39 is 0 Å². The van der Waals surface area contributed by atoms with Crippen LogP contribution in [-0.2, 0) is 6.42 Å². The number of pyridine rings is 1. The summed E-state index contributed by atoms with van der Waals surface area (Å²) >= 11 is 3.33. The predicted octanol–water partition coefficient (Wildman–Crippen LogP) is 2.17. The Morgan fingerprint density at radius 1 is 1.47 bits per heavy atom. The third kappa shape index (κ3) is 1.87. The summed E-state index contributed by atoms with van der Waals surface area (Å²) in [5.74, 6) is 1.68. The lowest BCUT2D eigenvalue weighted by atomic mass is 10.3. The van der Waals surface area contributed by atoms with E-state index in [1.54, 1.807) is 12.4 Å². The lowest BCUT2D eigenvalue weighted by Crippen LogP contribution is -2.05. The Labute approximate surface area is 96.3 Å². The highest BCUT2D eigenvalue weighted by Gasteiger charge is 2.07. The molecular formula is C10H11BrN4. The SMILES string of the molecule is CCc1nccn1-c1ncc(Br)cc1N. The van der Waals surface area contributed by atoms with Gasteiger partial charge in [-0.3, -0.25) is 4.57 Å². The molecule has 0 saturated heterocycles. The number of halogens is 1. The van der Waals surface area contributed by atoms with Gasteiger partial charge in [0.05, 0.1) is 5.69 Å². The second-order valence-corrected chi connectivity index (χ2v) is 4.05. The van der Waals surface area contributed by atoms with Gasteiger partial charge in [-0.2, -0.15) is 0 Å². The maximum atomic E-state index is 5.90. The van der Waals surface area contributed by atoms with Gasteiger partial charge < -0.3 is 5.73 Å². The summed E-state index contributed by atoms with van der Waals surface area (Å²) < 4.78 is 2.78. The predicted molar refractivity (Wildman–Crippen MR) is 62.8 cm³/mol. The molecule has 0 spiro atoms. The van der Waals surface area contributed by atoms with Crippen molar-refractivity contribution >= 4 is 21.6 Å². The lowest BCUT2D eigenvalue weighted by molar-refractivity contribution is 0.869. The standard InChI is InChI=1S/C10H11BrN4/c1-2-9-13-3-4-15(9)10-8(12)5-7(11)6-14-10/h3-6H,2,12H2,1H3. The van der Waals surface area contributed by atoms with Gasteiger partial charge in [0, 0.05) is 29.5 Å². The minimum atomic E-state index is 0.636. The fraction of sp³-hybridized carbons (Fsp3) is 0.200. The van der Waals surface area contributed by atoms with Gasteiger partial charge in [0.25, 0.3) is 0 Å². The third-order valence-corrected chi connectivity index (χ3v) is 2.56. The summed E-state index contributed by atoms with van der Waals surface area (Å²) in [5, 5.41) is 0. The largest absolute Gasteiger partial charge is 0.396 e. The van der Waals surface area contributed by atoms with Crippen LogP contribution in [0.15, 0.2) is 29.1 Å². The number of nitrogens with zero attached hydrogens (tertiary/aromatic N) is 3. The Morgan fingerprint density at radius 3 is 2.93 bits per heavy atom. The summed E-state index contributed by atoms with van der Waals surface area (Å²) in [4.78, 5) is 8.51. The minimum Gasteiger partial charge on any atom is -0.396 e. The molecule has 0 aliphatic heterocycles. The molecule has 0 aliphatic carbocycles. The molecule has 2 aromatic heterocycles. The molecule has 0 bridgehead atoms. The van der Waals surface area contributed by atoms with E-state index in [-0.39, 0.29) is 0 Å². The Bertz CT molecular complexity index is 478. The van der Waals surface area contributed by atoms with Crippen molar-refractivity contribution < 1.29 is 0 Å². The van der Waals surface area contributed by atoms with Gasteiger partial charge >= 0.3 is 0 Å². The van der Waals surface area contributed by atoms with E-state index in [1.807, 2.05) is 23.8 Å². The fourth-order valence-corrected chi connectivity index (χ4v) is 1.79. The summed E-state index contributed by atoms with van der Waals surface area (Å²) in [7, 11) is 0. The van der Waals surface area contributed by atoms with Gasteiger partial charge in [-0.15, -0.1) is 0 Å². The van der Waals surface area contributed by atoms with Crippen LogP contribution < -0.4 is 5.73 Å². The molecule has 78 valence electrons. The maximum Gasteiger partial charge on any atom is 0.161 e. The van der Waals surface area contributed by atoms with Gasteiger partial charge in [0.1, 0.15) is 5.82 Å². The van der Waals surface area contributed by atoms with Crippen molar-refractivity contribution in [1.82, 2.24) is 14.5 Å². The lowest BCUT2D eigenvalue weighted by Gasteiger charge is -2.08. The van der Waals surface area contributed by atoms with Crippen molar-refractivity contribution in [3.63, 3.8) is 0 Å². The van der Waals surface area contributed by atoms with E-state index in [1.165, 1.54) is 0 Å². The third-order valence-electron chi connectivity index (χ3n) is 2.12. The normalized spacial score (nSPS) is 10.5. The van der Waals surface area contributed by atoms with Crippen LogP contribution in [0.5, 0.6) is 0 Å². The van der Waals surface area contributed by atoms with E-state index in [9.17, 15) is 0 Å². The smallest absolute Gasteiger partial charge is 0.161 e. The van der Waals surface area contributed by atoms with Gasteiger partial charge in [0.2, 0.25) is 0 Å². The number of imidazole rings is 1. The minimum absolute atomic E-state index is 0.636. The topological polar surface area (TPSA) is 56.7 Å². The van der Waals surface area contributed by atoms with Crippen molar-refractivity contribution in [1.29, 1.82) is 0 Å². The molecule has 0 atom stereocenters. The summed E-state index contributed by atoms with van der Waals surface area (Å²) in [6.45, 7) is 2.05. The molecule has 2 N–H and O–H groups in total. The summed E-state index contributed by atoms with van der Waals surface area (Å²) in [6.07, 6.45) is 6.20. The van der Waals surface area contributed by atoms with E-state index in [0.717, 1.165) is 22.5 Å². The number of nitrogen functional groups attached to an aromatic ring is 1. The zero-order chi connectivity index (χ0) is 10.8. The Balaban J connectivity index is 2.54. The van der Waals surface area contributed by atoms with Crippen molar-refractivity contribution in [2.45, 2.75) is 13.3 Å². The highest BCUT2D eigenvalue weighted by molar-refractivity contribution is 9.10. The average Bonchev–Trinajstić information content (AvgIpc) is 2.65. The molecule has 0 unspecified atom stereocenters. The summed E-state index contributed by atoms with van der Waals surface area (Å²) in [5.41, 5.74) is 6.53. The molecule has 15 heavy (non-hydrogen) atoms. The van der Waals surface area contributed by atoms with E-state index in [0.29, 0.717) is 5.69 Å². The van der Waals surface area contributed by atoms with Crippen LogP contribution in [0.25, 0.3) is 5.82 Å². The summed E-state index contributed by atoms with van der Waals surface area (Å²) in [6, 6.07) is 1.84. The first kappa shape index (κ1) is 10.2. The Morgan fingerprint density at radius 2 is 2.27 bits per heavy atom. The van der Waals surface area contributed by atoms with Crippen LogP contribution in [0.2, 0.25) is 0 Å². The zero-order valence-electron chi connectivity index (χ0n) is 8.31. The van der Waals surface area contributed by atoms with Crippen LogP contribution in [0.4, 0.5) is 5.69 Å². The molecule has 2 heterocycles. The van der Waals surface area contributed by atoms with E-state index >= 15 is 0 Å². The number of hydrogen-bond donors (Lipinski definition) is 1. The molecular weight excluding hydrogens is 256 g/mol. The molecule has 0 aromatic carbocycles. The Hall–Kier alpha value is -1.36. The molecule has 0 saturated carbocycles. The monoisotopic (exact) mass is 266 g/mol. The molecule has 0 aliphatic rings. The first-order chi connectivity index (χ1) is 7.22. The molecule has 5 heteroatoms. The molecule has 4 nitrogen and oxygen atoms in total. The molecule has 2 aromatic rings. The Kier molecular flexibility index (Phi) is 2.73. The molecule has 2 rings (SSSR count). The quantitative estimate of drug-likeness (QED) is 0.907. The van der Waals surface area contributed by atoms with Crippen molar-refractivity contribution in [2.75, 3.05) is 5.73 Å². The van der Waals surface area contributed by atoms with E-state index in [4.69, 9.17) is 5.73 Å². The second-order valence-electron chi connectivity index (χ2n) is 3.13. The molecule has 0 radical (unpaired) electrons. The maximum absolute atomic E-state index is 5.90. The van der Waals surface area contributed by atoms with Gasteiger partial charge in [-0.05, 0) is 22.0 Å². The average molecular weight is 267 g/mol.